The van der Waals surface area contributed by atoms with Crippen molar-refractivity contribution in [3.8, 4) is 0 Å². The van der Waals surface area contributed by atoms with Gasteiger partial charge in [-0.05, 0) is 19.4 Å². The first-order valence-electron chi connectivity index (χ1n) is 9.20. The van der Waals surface area contributed by atoms with Crippen LogP contribution in [0.2, 0.25) is 0 Å². The molecule has 2 fully saturated rings. The average Bonchev–Trinajstić information content (AvgIpc) is 2.95. The fraction of sp³-hybridized carbons (Fsp3) is 0.667. The van der Waals surface area contributed by atoms with E-state index in [0.717, 1.165) is 55.9 Å². The van der Waals surface area contributed by atoms with Crippen LogP contribution in [0, 0.1) is 13.8 Å². The summed E-state index contributed by atoms with van der Waals surface area (Å²) in [5.41, 5.74) is 1.32. The van der Waals surface area contributed by atoms with E-state index in [1.54, 1.807) is 11.3 Å². The third kappa shape index (κ3) is 4.30. The molecule has 2 saturated heterocycles. The minimum atomic E-state index is 0.668. The molecule has 1 atom stereocenters. The molecule has 0 aromatic carbocycles. The minimum Gasteiger partial charge on any atom is -0.379 e. The quantitative estimate of drug-likeness (QED) is 0.811. The first kappa shape index (κ1) is 18.8. The number of rotatable bonds is 5. The third-order valence-corrected chi connectivity index (χ3v) is 8.87. The topological polar surface area (TPSA) is 50.3 Å². The summed E-state index contributed by atoms with van der Waals surface area (Å²) >= 11 is 5.94. The summed E-state index contributed by atoms with van der Waals surface area (Å²) in [6, 6.07) is 0. The van der Waals surface area contributed by atoms with Crippen molar-refractivity contribution >= 4 is 50.9 Å². The number of aryl methyl sites for hydroxylation is 2. The van der Waals surface area contributed by atoms with Gasteiger partial charge in [0.05, 0.1) is 25.1 Å². The lowest BCUT2D eigenvalue weighted by atomic mass is 10.2. The summed E-state index contributed by atoms with van der Waals surface area (Å²) < 4.78 is 5.46. The Morgan fingerprint density at radius 2 is 2.04 bits per heavy atom. The Labute approximate surface area is 167 Å². The Bertz CT molecular complexity index is 754. The lowest BCUT2D eigenvalue weighted by Gasteiger charge is -2.26. The highest BCUT2D eigenvalue weighted by Crippen LogP contribution is 2.34. The van der Waals surface area contributed by atoms with Gasteiger partial charge in [-0.15, -0.1) is 11.3 Å². The lowest BCUT2D eigenvalue weighted by Crippen LogP contribution is -2.36. The molecule has 1 N–H and O–H groups in total. The third-order valence-electron chi connectivity index (χ3n) is 4.93. The fourth-order valence-electron chi connectivity index (χ4n) is 3.32. The highest BCUT2D eigenvalue weighted by molar-refractivity contribution is 8.06. The molecule has 2 aromatic rings. The summed E-state index contributed by atoms with van der Waals surface area (Å²) in [7, 11) is 0. The van der Waals surface area contributed by atoms with Gasteiger partial charge in [-0.2, -0.15) is 23.5 Å². The van der Waals surface area contributed by atoms with Crippen LogP contribution in [-0.4, -0.2) is 70.2 Å². The molecule has 8 heteroatoms. The van der Waals surface area contributed by atoms with Crippen molar-refractivity contribution in [1.29, 1.82) is 0 Å². The van der Waals surface area contributed by atoms with E-state index in [2.05, 4.69) is 47.6 Å². The normalized spacial score (nSPS) is 22.0. The summed E-state index contributed by atoms with van der Waals surface area (Å²) in [6.07, 6.45) is 0. The van der Waals surface area contributed by atoms with Crippen molar-refractivity contribution in [2.24, 2.45) is 0 Å². The van der Waals surface area contributed by atoms with Crippen molar-refractivity contribution in [3.63, 3.8) is 0 Å². The number of aromatic nitrogens is 2. The van der Waals surface area contributed by atoms with E-state index in [9.17, 15) is 0 Å². The highest BCUT2D eigenvalue weighted by Gasteiger charge is 2.19. The first-order valence-corrected chi connectivity index (χ1v) is 12.2. The number of nitrogens with one attached hydrogen (secondary N) is 1. The van der Waals surface area contributed by atoms with Crippen LogP contribution in [0.15, 0.2) is 0 Å². The van der Waals surface area contributed by atoms with E-state index in [1.165, 1.54) is 33.1 Å². The summed E-state index contributed by atoms with van der Waals surface area (Å²) in [5, 5.41) is 5.55. The minimum absolute atomic E-state index is 0.668. The molecular weight excluding hydrogens is 384 g/mol. The maximum Gasteiger partial charge on any atom is 0.146 e. The Morgan fingerprint density at radius 1 is 1.19 bits per heavy atom. The number of nitrogens with zero attached hydrogens (tertiary/aromatic N) is 3. The molecule has 0 bridgehead atoms. The maximum atomic E-state index is 5.46. The maximum absolute atomic E-state index is 5.46. The number of hydrogen-bond donors (Lipinski definition) is 1. The number of anilines is 1. The van der Waals surface area contributed by atoms with Crippen molar-refractivity contribution in [2.75, 3.05) is 55.4 Å². The number of thiophene rings is 1. The van der Waals surface area contributed by atoms with Gasteiger partial charge in [0, 0.05) is 47.0 Å². The first-order chi connectivity index (χ1) is 12.7. The molecular formula is C18H26N4OS3. The summed E-state index contributed by atoms with van der Waals surface area (Å²) in [6.45, 7) is 9.69. The molecule has 5 nitrogen and oxygen atoms in total. The number of hydrogen-bond acceptors (Lipinski definition) is 8. The van der Waals surface area contributed by atoms with Gasteiger partial charge in [0.1, 0.15) is 16.5 Å². The monoisotopic (exact) mass is 410 g/mol. The molecule has 142 valence electrons. The largest absolute Gasteiger partial charge is 0.379 e. The number of thioether (sulfide) groups is 2. The van der Waals surface area contributed by atoms with Crippen LogP contribution in [0.4, 0.5) is 5.82 Å². The molecule has 0 radical (unpaired) electrons. The molecule has 26 heavy (non-hydrogen) atoms. The van der Waals surface area contributed by atoms with Crippen LogP contribution in [-0.2, 0) is 11.3 Å². The van der Waals surface area contributed by atoms with Gasteiger partial charge in [-0.3, -0.25) is 4.90 Å². The average molecular weight is 411 g/mol. The Balaban J connectivity index is 1.57. The SMILES string of the molecule is Cc1sc2nc(CN3CCOCC3)nc(NCC3CSCCS3)c2c1C. The summed E-state index contributed by atoms with van der Waals surface area (Å²) in [5.74, 6) is 5.72. The second kappa shape index (κ2) is 8.65. The van der Waals surface area contributed by atoms with Crippen LogP contribution in [0.3, 0.4) is 0 Å². The Hall–Kier alpha value is -0.540. The number of morpholine rings is 1. The molecule has 2 aliphatic heterocycles. The zero-order valence-electron chi connectivity index (χ0n) is 15.4. The smallest absolute Gasteiger partial charge is 0.146 e. The predicted molar refractivity (Wildman–Crippen MR) is 115 cm³/mol. The molecule has 0 aliphatic carbocycles. The predicted octanol–water partition coefficient (Wildman–Crippen LogP) is 3.40. The van der Waals surface area contributed by atoms with Gasteiger partial charge >= 0.3 is 0 Å². The van der Waals surface area contributed by atoms with E-state index >= 15 is 0 Å². The van der Waals surface area contributed by atoms with E-state index in [-0.39, 0.29) is 0 Å². The van der Waals surface area contributed by atoms with Crippen molar-refractivity contribution in [2.45, 2.75) is 25.6 Å². The van der Waals surface area contributed by atoms with Gasteiger partial charge in [0.15, 0.2) is 0 Å². The van der Waals surface area contributed by atoms with Crippen LogP contribution in [0.25, 0.3) is 10.2 Å². The molecule has 2 aromatic heterocycles. The van der Waals surface area contributed by atoms with E-state index < -0.39 is 0 Å². The molecule has 2 aliphatic rings. The second-order valence-corrected chi connectivity index (χ2v) is 10.6. The molecule has 0 amide bonds. The van der Waals surface area contributed by atoms with Crippen LogP contribution >= 0.6 is 34.9 Å². The zero-order chi connectivity index (χ0) is 17.9. The second-order valence-electron chi connectivity index (χ2n) is 6.79. The van der Waals surface area contributed by atoms with Gasteiger partial charge in [0.25, 0.3) is 0 Å². The molecule has 1 unspecified atom stereocenters. The lowest BCUT2D eigenvalue weighted by molar-refractivity contribution is 0.0331. The number of fused-ring (bicyclic) bond motifs is 1. The van der Waals surface area contributed by atoms with E-state index in [1.807, 2.05) is 0 Å². The Morgan fingerprint density at radius 3 is 2.81 bits per heavy atom. The van der Waals surface area contributed by atoms with Gasteiger partial charge in [0.2, 0.25) is 0 Å². The van der Waals surface area contributed by atoms with Crippen LogP contribution in [0.1, 0.15) is 16.3 Å². The van der Waals surface area contributed by atoms with Crippen molar-refractivity contribution < 1.29 is 4.74 Å². The van der Waals surface area contributed by atoms with E-state index in [4.69, 9.17) is 14.7 Å². The van der Waals surface area contributed by atoms with Gasteiger partial charge in [-0.25, -0.2) is 9.97 Å². The van der Waals surface area contributed by atoms with E-state index in [0.29, 0.717) is 5.25 Å². The highest BCUT2D eigenvalue weighted by atomic mass is 32.2. The zero-order valence-corrected chi connectivity index (χ0v) is 17.9. The van der Waals surface area contributed by atoms with Gasteiger partial charge in [-0.1, -0.05) is 0 Å². The van der Waals surface area contributed by atoms with Gasteiger partial charge < -0.3 is 10.1 Å². The molecule has 4 rings (SSSR count). The van der Waals surface area contributed by atoms with Crippen molar-refractivity contribution in [3.05, 3.63) is 16.3 Å². The molecule has 4 heterocycles. The summed E-state index contributed by atoms with van der Waals surface area (Å²) in [4.78, 5) is 14.7. The standard InChI is InChI=1S/C18H26N4OS3/c1-12-13(2)26-18-16(12)17(19-9-14-11-24-7-8-25-14)20-15(21-18)10-22-3-5-23-6-4-22/h14H,3-11H2,1-2H3,(H,19,20,21). The number of ether oxygens (including phenoxy) is 1. The fourth-order valence-corrected chi connectivity index (χ4v) is 6.98. The Kier molecular flexibility index (Phi) is 6.25. The molecule has 0 spiro atoms. The van der Waals surface area contributed by atoms with Crippen molar-refractivity contribution in [1.82, 2.24) is 14.9 Å². The van der Waals surface area contributed by atoms with Crippen LogP contribution < -0.4 is 5.32 Å². The van der Waals surface area contributed by atoms with Crippen LogP contribution in [0.5, 0.6) is 0 Å². The molecule has 0 saturated carbocycles.